The molecule has 0 saturated carbocycles. The number of amides is 1. The molecule has 1 aromatic rings. The van der Waals surface area contributed by atoms with Crippen molar-refractivity contribution in [2.24, 2.45) is 0 Å². The molecular weight excluding hydrogens is 328 g/mol. The number of rotatable bonds is 4. The highest BCUT2D eigenvalue weighted by Crippen LogP contribution is 2.27. The average molecular weight is 357 g/mol. The quantitative estimate of drug-likeness (QED) is 0.890. The first-order valence-corrected chi connectivity index (χ1v) is 8.71. The predicted octanol–water partition coefficient (Wildman–Crippen LogP) is 1.71. The van der Waals surface area contributed by atoms with Crippen LogP contribution in [0.4, 0.5) is 0 Å². The van der Waals surface area contributed by atoms with Gasteiger partial charge in [0.2, 0.25) is 5.91 Å². The zero-order chi connectivity index (χ0) is 16.4. The Morgan fingerprint density at radius 1 is 1.33 bits per heavy atom. The van der Waals surface area contributed by atoms with E-state index in [2.05, 4.69) is 22.3 Å². The van der Waals surface area contributed by atoms with Gasteiger partial charge in [-0.1, -0.05) is 12.1 Å². The van der Waals surface area contributed by atoms with Crippen LogP contribution in [0.3, 0.4) is 0 Å². The summed E-state index contributed by atoms with van der Waals surface area (Å²) in [4.78, 5) is 17.2. The number of nitrogens with zero attached hydrogens (tertiary/aromatic N) is 3. The molecule has 0 spiro atoms. The van der Waals surface area contributed by atoms with Gasteiger partial charge in [0, 0.05) is 57.3 Å². The Balaban J connectivity index is 0.00000208. The largest absolute Gasteiger partial charge is 0.361 e. The molecule has 6 nitrogen and oxygen atoms in total. The molecule has 2 atom stereocenters. The summed E-state index contributed by atoms with van der Waals surface area (Å²) < 4.78 is 5.23. The van der Waals surface area contributed by atoms with Crippen molar-refractivity contribution in [3.63, 3.8) is 0 Å². The van der Waals surface area contributed by atoms with Gasteiger partial charge in [0.15, 0.2) is 0 Å². The van der Waals surface area contributed by atoms with Crippen LogP contribution in [0.25, 0.3) is 0 Å². The van der Waals surface area contributed by atoms with E-state index < -0.39 is 0 Å². The molecule has 24 heavy (non-hydrogen) atoms. The Morgan fingerprint density at radius 2 is 2.04 bits per heavy atom. The van der Waals surface area contributed by atoms with Crippen molar-refractivity contribution >= 4 is 18.3 Å². The highest BCUT2D eigenvalue weighted by Gasteiger charge is 2.31. The minimum absolute atomic E-state index is 0. The maximum absolute atomic E-state index is 12.6. The van der Waals surface area contributed by atoms with Gasteiger partial charge in [-0.3, -0.25) is 9.69 Å². The van der Waals surface area contributed by atoms with Crippen molar-refractivity contribution in [2.45, 2.75) is 45.6 Å². The Bertz CT molecular complexity index is 537. The van der Waals surface area contributed by atoms with Crippen molar-refractivity contribution in [1.82, 2.24) is 20.3 Å². The summed E-state index contributed by atoms with van der Waals surface area (Å²) >= 11 is 0. The smallest absolute Gasteiger partial charge is 0.223 e. The molecule has 2 saturated heterocycles. The monoisotopic (exact) mass is 356 g/mol. The molecule has 3 rings (SSSR count). The Hall–Kier alpha value is -1.11. The fraction of sp³-hybridized carbons (Fsp3) is 0.765. The molecule has 0 aromatic carbocycles. The summed E-state index contributed by atoms with van der Waals surface area (Å²) in [7, 11) is 0. The number of aromatic nitrogens is 1. The maximum Gasteiger partial charge on any atom is 0.223 e. The molecule has 2 aliphatic rings. The number of piperazine rings is 1. The Labute approximate surface area is 150 Å². The number of halogens is 1. The van der Waals surface area contributed by atoms with E-state index in [0.717, 1.165) is 62.7 Å². The third-order valence-corrected chi connectivity index (χ3v) is 5.25. The van der Waals surface area contributed by atoms with Crippen LogP contribution in [0.1, 0.15) is 42.7 Å². The third kappa shape index (κ3) is 4.10. The maximum atomic E-state index is 12.6. The van der Waals surface area contributed by atoms with Gasteiger partial charge in [-0.05, 0) is 26.2 Å². The minimum atomic E-state index is 0. The Morgan fingerprint density at radius 3 is 2.67 bits per heavy atom. The third-order valence-electron chi connectivity index (χ3n) is 5.25. The number of carbonyl (C=O) groups is 1. The lowest BCUT2D eigenvalue weighted by Crippen LogP contribution is -2.49. The summed E-state index contributed by atoms with van der Waals surface area (Å²) in [6.07, 6.45) is 1.64. The molecule has 7 heteroatoms. The highest BCUT2D eigenvalue weighted by atomic mass is 35.5. The van der Waals surface area contributed by atoms with E-state index in [4.69, 9.17) is 4.52 Å². The van der Waals surface area contributed by atoms with Crippen LogP contribution in [0.5, 0.6) is 0 Å². The van der Waals surface area contributed by atoms with Gasteiger partial charge >= 0.3 is 0 Å². The molecule has 0 bridgehead atoms. The molecule has 0 aliphatic carbocycles. The first-order valence-electron chi connectivity index (χ1n) is 8.71. The summed E-state index contributed by atoms with van der Waals surface area (Å²) in [6, 6.07) is 0.537. The fourth-order valence-electron chi connectivity index (χ4n) is 4.00. The lowest BCUT2D eigenvalue weighted by Gasteiger charge is -2.32. The molecule has 1 aromatic heterocycles. The molecule has 1 N–H and O–H groups in total. The molecule has 2 unspecified atom stereocenters. The van der Waals surface area contributed by atoms with Crippen molar-refractivity contribution in [3.05, 3.63) is 17.0 Å². The van der Waals surface area contributed by atoms with E-state index >= 15 is 0 Å². The van der Waals surface area contributed by atoms with Crippen LogP contribution < -0.4 is 5.32 Å². The Kier molecular flexibility index (Phi) is 6.66. The fourth-order valence-corrected chi connectivity index (χ4v) is 4.00. The van der Waals surface area contributed by atoms with Crippen LogP contribution in [-0.4, -0.2) is 66.2 Å². The predicted molar refractivity (Wildman–Crippen MR) is 95.7 cm³/mol. The summed E-state index contributed by atoms with van der Waals surface area (Å²) in [5.74, 6) is 1.25. The normalized spacial score (nSPS) is 23.1. The molecule has 1 amide bonds. The van der Waals surface area contributed by atoms with Gasteiger partial charge < -0.3 is 14.7 Å². The molecule has 2 aliphatic heterocycles. The number of hydrogen-bond acceptors (Lipinski definition) is 5. The van der Waals surface area contributed by atoms with Gasteiger partial charge in [0.05, 0.1) is 5.69 Å². The van der Waals surface area contributed by atoms with Crippen molar-refractivity contribution < 1.29 is 9.32 Å². The van der Waals surface area contributed by atoms with E-state index in [1.54, 1.807) is 0 Å². The van der Waals surface area contributed by atoms with Crippen LogP contribution >= 0.6 is 12.4 Å². The summed E-state index contributed by atoms with van der Waals surface area (Å²) in [6.45, 7) is 12.1. The standard InChI is InChI=1S/C17H28N4O2.ClH/c1-12(17-13(2)19-23-14(17)3)10-16(22)21-7-4-15(11-21)20-8-5-18-6-9-20;/h12,15,18H,4-11H2,1-3H3;1H. The number of carbonyl (C=O) groups excluding carboxylic acids is 1. The van der Waals surface area contributed by atoms with Gasteiger partial charge in [0.1, 0.15) is 5.76 Å². The van der Waals surface area contributed by atoms with Crippen molar-refractivity contribution in [3.8, 4) is 0 Å². The summed E-state index contributed by atoms with van der Waals surface area (Å²) in [5.41, 5.74) is 2.00. The second kappa shape index (κ2) is 8.32. The van der Waals surface area contributed by atoms with E-state index in [0.29, 0.717) is 12.5 Å². The van der Waals surface area contributed by atoms with Crippen LogP contribution in [0.15, 0.2) is 4.52 Å². The van der Waals surface area contributed by atoms with Gasteiger partial charge in [-0.25, -0.2) is 0 Å². The van der Waals surface area contributed by atoms with Crippen LogP contribution in [-0.2, 0) is 4.79 Å². The highest BCUT2D eigenvalue weighted by molar-refractivity contribution is 5.85. The van der Waals surface area contributed by atoms with Gasteiger partial charge in [-0.15, -0.1) is 12.4 Å². The number of nitrogens with one attached hydrogen (secondary N) is 1. The van der Waals surface area contributed by atoms with Crippen molar-refractivity contribution in [2.75, 3.05) is 39.3 Å². The van der Waals surface area contributed by atoms with E-state index in [9.17, 15) is 4.79 Å². The zero-order valence-electron chi connectivity index (χ0n) is 14.9. The van der Waals surface area contributed by atoms with Crippen LogP contribution in [0.2, 0.25) is 0 Å². The molecule has 136 valence electrons. The van der Waals surface area contributed by atoms with Crippen LogP contribution in [0, 0.1) is 13.8 Å². The number of hydrogen-bond donors (Lipinski definition) is 1. The summed E-state index contributed by atoms with van der Waals surface area (Å²) in [5, 5.41) is 7.39. The lowest BCUT2D eigenvalue weighted by atomic mass is 9.95. The van der Waals surface area contributed by atoms with E-state index in [-0.39, 0.29) is 24.2 Å². The zero-order valence-corrected chi connectivity index (χ0v) is 15.7. The minimum Gasteiger partial charge on any atom is -0.361 e. The second-order valence-corrected chi connectivity index (χ2v) is 6.91. The first kappa shape index (κ1) is 19.2. The number of aryl methyl sites for hydroxylation is 2. The van der Waals surface area contributed by atoms with Gasteiger partial charge in [0.25, 0.3) is 0 Å². The number of likely N-dealkylation sites (tertiary alicyclic amines) is 1. The second-order valence-electron chi connectivity index (χ2n) is 6.91. The topological polar surface area (TPSA) is 61.6 Å². The molecule has 0 radical (unpaired) electrons. The van der Waals surface area contributed by atoms with Crippen molar-refractivity contribution in [1.29, 1.82) is 0 Å². The molecular formula is C17H29ClN4O2. The average Bonchev–Trinajstić information content (AvgIpc) is 3.15. The van der Waals surface area contributed by atoms with E-state index in [1.165, 1.54) is 0 Å². The molecule has 2 fully saturated rings. The molecule has 3 heterocycles. The van der Waals surface area contributed by atoms with E-state index in [1.807, 2.05) is 18.7 Å². The first-order chi connectivity index (χ1) is 11.1. The van der Waals surface area contributed by atoms with Gasteiger partial charge in [-0.2, -0.15) is 0 Å². The SMILES string of the molecule is Cc1noc(C)c1C(C)CC(=O)N1CCC(N2CCNCC2)C1.Cl. The lowest BCUT2D eigenvalue weighted by molar-refractivity contribution is -0.130.